The minimum Gasteiger partial charge on any atom is -0.392 e. The normalized spacial score (nSPS) is 13.8. The summed E-state index contributed by atoms with van der Waals surface area (Å²) < 4.78 is 7.89. The van der Waals surface area contributed by atoms with Crippen LogP contribution in [0, 0.1) is 0 Å². The van der Waals surface area contributed by atoms with E-state index in [0.717, 1.165) is 0 Å². The zero-order valence-electron chi connectivity index (χ0n) is 14.2. The van der Waals surface area contributed by atoms with Crippen LogP contribution in [-0.4, -0.2) is 61.3 Å². The first kappa shape index (κ1) is 18.9. The van der Waals surface area contributed by atoms with E-state index < -0.39 is 23.5 Å². The first-order chi connectivity index (χ1) is 11.8. The smallest absolute Gasteiger partial charge is 0.329 e. The summed E-state index contributed by atoms with van der Waals surface area (Å²) in [5.41, 5.74) is -0.854. The molecule has 2 atom stereocenters. The summed E-state index contributed by atoms with van der Waals surface area (Å²) in [6.07, 6.45) is 0.0208. The number of aromatic amines is 1. The second kappa shape index (κ2) is 8.10. The van der Waals surface area contributed by atoms with E-state index >= 15 is 0 Å². The molecule has 0 saturated carbocycles. The Balaban J connectivity index is 2.44. The number of hydrogen-bond acceptors (Lipinski definition) is 7. The third-order valence-corrected chi connectivity index (χ3v) is 3.50. The van der Waals surface area contributed by atoms with Gasteiger partial charge in [-0.25, -0.2) is 4.79 Å². The van der Waals surface area contributed by atoms with Crippen LogP contribution in [0.1, 0.15) is 6.92 Å². The highest BCUT2D eigenvalue weighted by Crippen LogP contribution is 2.16. The fourth-order valence-corrected chi connectivity index (χ4v) is 2.34. The van der Waals surface area contributed by atoms with Crippen LogP contribution in [0.3, 0.4) is 0 Å². The van der Waals surface area contributed by atoms with Gasteiger partial charge >= 0.3 is 5.69 Å². The minimum atomic E-state index is -0.902. The Labute approximate surface area is 143 Å². The SMILES string of the molecule is C=CCOCC(O)Cn1c(NCC(C)O)nc2c1c(=O)[nH]c(=O)n2C. The number of hydrogen-bond donors (Lipinski definition) is 4. The molecule has 4 N–H and O–H groups in total. The predicted octanol–water partition coefficient (Wildman–Crippen LogP) is -1.22. The van der Waals surface area contributed by atoms with Crippen LogP contribution in [0.5, 0.6) is 0 Å². The number of fused-ring (bicyclic) bond motifs is 1. The van der Waals surface area contributed by atoms with Gasteiger partial charge in [0.1, 0.15) is 0 Å². The number of H-pyrrole nitrogens is 1. The molecule has 2 rings (SSSR count). The fourth-order valence-electron chi connectivity index (χ4n) is 2.34. The standard InChI is InChI=1S/C15H23N5O5/c1-4-5-25-8-10(22)7-20-11-12(17-14(20)16-6-9(2)21)19(3)15(24)18-13(11)23/h4,9-10,21-22H,1,5-8H2,2-3H3,(H,16,17)(H,18,23,24). The molecule has 0 amide bonds. The first-order valence-corrected chi connectivity index (χ1v) is 7.83. The molecule has 2 aromatic rings. The molecule has 0 spiro atoms. The van der Waals surface area contributed by atoms with Crippen molar-refractivity contribution in [2.24, 2.45) is 7.05 Å². The van der Waals surface area contributed by atoms with E-state index in [1.165, 1.54) is 16.2 Å². The summed E-state index contributed by atoms with van der Waals surface area (Å²) in [5.74, 6) is 0.269. The topological polar surface area (TPSA) is 134 Å². The van der Waals surface area contributed by atoms with Gasteiger partial charge in [0.25, 0.3) is 5.56 Å². The van der Waals surface area contributed by atoms with Gasteiger partial charge in [-0.2, -0.15) is 4.98 Å². The number of aryl methyl sites for hydroxylation is 1. The molecule has 2 heterocycles. The van der Waals surface area contributed by atoms with Gasteiger partial charge in [0.2, 0.25) is 5.95 Å². The molecule has 2 unspecified atom stereocenters. The molecular weight excluding hydrogens is 330 g/mol. The lowest BCUT2D eigenvalue weighted by Gasteiger charge is -2.15. The van der Waals surface area contributed by atoms with E-state index in [1.807, 2.05) is 0 Å². The molecular formula is C15H23N5O5. The third-order valence-electron chi connectivity index (χ3n) is 3.50. The fraction of sp³-hybridized carbons (Fsp3) is 0.533. The van der Waals surface area contributed by atoms with Crippen LogP contribution < -0.4 is 16.6 Å². The van der Waals surface area contributed by atoms with Crippen molar-refractivity contribution in [1.82, 2.24) is 19.1 Å². The Bertz CT molecular complexity index is 850. The second-order valence-corrected chi connectivity index (χ2v) is 5.75. The molecule has 0 aliphatic carbocycles. The number of ether oxygens (including phenoxy) is 1. The maximum Gasteiger partial charge on any atom is 0.329 e. The maximum absolute atomic E-state index is 12.2. The summed E-state index contributed by atoms with van der Waals surface area (Å²) in [6, 6.07) is 0. The van der Waals surface area contributed by atoms with Crippen LogP contribution in [0.25, 0.3) is 11.2 Å². The number of imidazole rings is 1. The minimum absolute atomic E-state index is 0.0249. The molecule has 10 heteroatoms. The highest BCUT2D eigenvalue weighted by atomic mass is 16.5. The summed E-state index contributed by atoms with van der Waals surface area (Å²) in [6.45, 7) is 5.68. The number of aliphatic hydroxyl groups excluding tert-OH is 2. The van der Waals surface area contributed by atoms with Gasteiger partial charge in [-0.3, -0.25) is 14.3 Å². The van der Waals surface area contributed by atoms with Gasteiger partial charge in [0.15, 0.2) is 11.2 Å². The van der Waals surface area contributed by atoms with Crippen LogP contribution in [-0.2, 0) is 18.3 Å². The van der Waals surface area contributed by atoms with Gasteiger partial charge in [-0.05, 0) is 6.92 Å². The third kappa shape index (κ3) is 4.35. The average molecular weight is 353 g/mol. The monoisotopic (exact) mass is 353 g/mol. The molecule has 0 fully saturated rings. The van der Waals surface area contributed by atoms with Crippen molar-refractivity contribution in [2.75, 3.05) is 25.1 Å². The number of nitrogens with zero attached hydrogens (tertiary/aromatic N) is 3. The maximum atomic E-state index is 12.2. The Hall–Kier alpha value is -2.43. The number of anilines is 1. The first-order valence-electron chi connectivity index (χ1n) is 7.83. The molecule has 0 aliphatic rings. The molecule has 0 aromatic carbocycles. The highest BCUT2D eigenvalue weighted by molar-refractivity contribution is 5.74. The highest BCUT2D eigenvalue weighted by Gasteiger charge is 2.19. The zero-order valence-corrected chi connectivity index (χ0v) is 14.2. The largest absolute Gasteiger partial charge is 0.392 e. The summed E-state index contributed by atoms with van der Waals surface area (Å²) >= 11 is 0. The number of aliphatic hydroxyl groups is 2. The second-order valence-electron chi connectivity index (χ2n) is 5.75. The predicted molar refractivity (Wildman–Crippen MR) is 92.8 cm³/mol. The number of rotatable bonds is 9. The Morgan fingerprint density at radius 2 is 2.16 bits per heavy atom. The van der Waals surface area contributed by atoms with Gasteiger partial charge in [-0.1, -0.05) is 6.08 Å². The van der Waals surface area contributed by atoms with Crippen LogP contribution in [0.2, 0.25) is 0 Å². The van der Waals surface area contributed by atoms with Crippen molar-refractivity contribution in [2.45, 2.75) is 25.7 Å². The Kier molecular flexibility index (Phi) is 6.12. The zero-order chi connectivity index (χ0) is 18.6. The lowest BCUT2D eigenvalue weighted by atomic mass is 10.3. The van der Waals surface area contributed by atoms with Crippen molar-refractivity contribution >= 4 is 17.1 Å². The van der Waals surface area contributed by atoms with Crippen molar-refractivity contribution in [3.63, 3.8) is 0 Å². The molecule has 0 bridgehead atoms. The van der Waals surface area contributed by atoms with Gasteiger partial charge < -0.3 is 24.8 Å². The van der Waals surface area contributed by atoms with E-state index in [1.54, 1.807) is 13.0 Å². The van der Waals surface area contributed by atoms with Crippen LogP contribution in [0.4, 0.5) is 5.95 Å². The van der Waals surface area contributed by atoms with Crippen molar-refractivity contribution in [3.05, 3.63) is 33.5 Å². The quantitative estimate of drug-likeness (QED) is 0.328. The molecule has 25 heavy (non-hydrogen) atoms. The summed E-state index contributed by atoms with van der Waals surface area (Å²) in [4.78, 5) is 30.5. The van der Waals surface area contributed by atoms with E-state index in [0.29, 0.717) is 6.61 Å². The van der Waals surface area contributed by atoms with Crippen molar-refractivity contribution in [3.8, 4) is 0 Å². The molecule has 138 valence electrons. The van der Waals surface area contributed by atoms with Gasteiger partial charge in [0.05, 0.1) is 32.0 Å². The number of nitrogens with one attached hydrogen (secondary N) is 2. The molecule has 0 radical (unpaired) electrons. The van der Waals surface area contributed by atoms with Crippen molar-refractivity contribution in [1.29, 1.82) is 0 Å². The van der Waals surface area contributed by atoms with E-state index in [4.69, 9.17) is 4.74 Å². The van der Waals surface area contributed by atoms with Crippen molar-refractivity contribution < 1.29 is 14.9 Å². The molecule has 0 saturated heterocycles. The average Bonchev–Trinajstić information content (AvgIpc) is 2.90. The Morgan fingerprint density at radius 3 is 2.80 bits per heavy atom. The van der Waals surface area contributed by atoms with Crippen LogP contribution in [0.15, 0.2) is 22.2 Å². The number of aromatic nitrogens is 4. The van der Waals surface area contributed by atoms with E-state index in [9.17, 15) is 19.8 Å². The van der Waals surface area contributed by atoms with Crippen LogP contribution >= 0.6 is 0 Å². The molecule has 10 nitrogen and oxygen atoms in total. The van der Waals surface area contributed by atoms with E-state index in [2.05, 4.69) is 21.9 Å². The lowest BCUT2D eigenvalue weighted by Crippen LogP contribution is -2.30. The lowest BCUT2D eigenvalue weighted by molar-refractivity contribution is 0.0405. The van der Waals surface area contributed by atoms with E-state index in [-0.39, 0.29) is 36.8 Å². The Morgan fingerprint density at radius 1 is 1.44 bits per heavy atom. The van der Waals surface area contributed by atoms with Gasteiger partial charge in [0, 0.05) is 13.6 Å². The molecule has 2 aromatic heterocycles. The van der Waals surface area contributed by atoms with Gasteiger partial charge in [-0.15, -0.1) is 6.58 Å². The summed E-state index contributed by atoms with van der Waals surface area (Å²) in [7, 11) is 1.49. The molecule has 0 aliphatic heterocycles. The summed E-state index contributed by atoms with van der Waals surface area (Å²) in [5, 5.41) is 22.5.